The number of hydrogen-bond acceptors (Lipinski definition) is 4. The normalized spacial score (nSPS) is 11.5. The Morgan fingerprint density at radius 1 is 0.175 bits per heavy atom. The minimum atomic E-state index is 0.602. The maximum atomic E-state index is 5.81. The highest BCUT2D eigenvalue weighted by Crippen LogP contribution is 2.41. The first kappa shape index (κ1) is 46.5. The largest absolute Gasteiger partial charge is 0.294 e. The van der Waals surface area contributed by atoms with Crippen molar-refractivity contribution in [1.29, 1.82) is 0 Å². The molecular weight excluding hydrogens is 973 g/mol. The van der Waals surface area contributed by atoms with Gasteiger partial charge >= 0.3 is 0 Å². The highest BCUT2D eigenvalue weighted by atomic mass is 15.1. The van der Waals surface area contributed by atoms with Gasteiger partial charge in [0.2, 0.25) is 0 Å². The number of nitrogens with zero attached hydrogens (tertiary/aromatic N) is 6. The lowest BCUT2D eigenvalue weighted by atomic mass is 10.0. The Kier molecular flexibility index (Phi) is 11.4. The molecule has 0 aliphatic heterocycles. The zero-order chi connectivity index (χ0) is 52.9. The van der Waals surface area contributed by atoms with Crippen molar-refractivity contribution >= 4 is 43.6 Å². The highest BCUT2D eigenvalue weighted by Gasteiger charge is 2.22. The van der Waals surface area contributed by atoms with Gasteiger partial charge < -0.3 is 0 Å². The van der Waals surface area contributed by atoms with Crippen molar-refractivity contribution < 1.29 is 0 Å². The average molecular weight is 1020 g/mol. The quantitative estimate of drug-likeness (QED) is 0.137. The van der Waals surface area contributed by atoms with E-state index >= 15 is 0 Å². The minimum absolute atomic E-state index is 0.602. The number of benzene rings is 11. The molecule has 4 aromatic heterocycles. The van der Waals surface area contributed by atoms with E-state index in [9.17, 15) is 0 Å². The van der Waals surface area contributed by atoms with Crippen LogP contribution in [-0.4, -0.2) is 29.1 Å². The number of rotatable bonds is 10. The van der Waals surface area contributed by atoms with Crippen molar-refractivity contribution in [1.82, 2.24) is 29.1 Å². The van der Waals surface area contributed by atoms with E-state index in [2.05, 4.69) is 240 Å². The van der Waals surface area contributed by atoms with E-state index in [1.165, 1.54) is 22.3 Å². The summed E-state index contributed by atoms with van der Waals surface area (Å²) in [5.74, 6) is 3.45. The second-order valence-electron chi connectivity index (χ2n) is 20.3. The molecule has 15 rings (SSSR count). The molecular formula is C74H48N6. The Bertz CT molecular complexity index is 4300. The smallest absolute Gasteiger partial charge is 0.164 e. The molecule has 4 heterocycles. The van der Waals surface area contributed by atoms with Crippen LogP contribution in [0.15, 0.2) is 291 Å². The average Bonchev–Trinajstić information content (AvgIpc) is 4.15. The number of hydrogen-bond donors (Lipinski definition) is 0. The predicted molar refractivity (Wildman–Crippen MR) is 330 cm³/mol. The maximum Gasteiger partial charge on any atom is 0.164 e. The topological polar surface area (TPSA) is 61.4 Å². The standard InChI is InChI=1S/C74H48N6/c1-7-19-49(20-8-1)57-35-39-66-62(43-57)63-44-58(50-21-9-2-10-22-50)36-40-67(63)79(66)70-47-61(53-31-33-56(34-32-53)74-77-72(54-27-15-5-16-28-54)76-73(78-74)55-29-17-6-18-30-55)48-71(75-70)80-68-41-37-59(51-23-11-3-12-24-51)45-64(68)65-46-60(38-42-69(65)80)52-25-13-4-14-26-52/h1-48H. The van der Waals surface area contributed by atoms with Crippen LogP contribution in [0.5, 0.6) is 0 Å². The van der Waals surface area contributed by atoms with Crippen molar-refractivity contribution in [3.63, 3.8) is 0 Å². The first-order chi connectivity index (χ1) is 39.6. The molecule has 0 aliphatic carbocycles. The van der Waals surface area contributed by atoms with E-state index in [0.29, 0.717) is 17.5 Å². The lowest BCUT2D eigenvalue weighted by molar-refractivity contribution is 1.01. The van der Waals surface area contributed by atoms with Gasteiger partial charge in [-0.05, 0) is 116 Å². The summed E-state index contributed by atoms with van der Waals surface area (Å²) in [5.41, 5.74) is 18.3. The Labute approximate surface area is 462 Å². The van der Waals surface area contributed by atoms with Crippen molar-refractivity contribution in [3.8, 4) is 101 Å². The summed E-state index contributed by atoms with van der Waals surface area (Å²) in [6.07, 6.45) is 0. The summed E-state index contributed by atoms with van der Waals surface area (Å²) < 4.78 is 4.71. The molecule has 0 fully saturated rings. The molecule has 15 aromatic rings. The summed E-state index contributed by atoms with van der Waals surface area (Å²) >= 11 is 0. The Morgan fingerprint density at radius 2 is 0.400 bits per heavy atom. The molecule has 0 atom stereocenters. The molecule has 0 saturated heterocycles. The first-order valence-corrected chi connectivity index (χ1v) is 27.0. The van der Waals surface area contributed by atoms with Crippen LogP contribution in [0.2, 0.25) is 0 Å². The van der Waals surface area contributed by atoms with Crippen LogP contribution in [0, 0.1) is 0 Å². The first-order valence-electron chi connectivity index (χ1n) is 27.0. The molecule has 0 saturated carbocycles. The summed E-state index contributed by atoms with van der Waals surface area (Å²) in [4.78, 5) is 20.9. The predicted octanol–water partition coefficient (Wildman–Crippen LogP) is 18.8. The third kappa shape index (κ3) is 8.40. The van der Waals surface area contributed by atoms with Crippen molar-refractivity contribution in [2.24, 2.45) is 0 Å². The zero-order valence-corrected chi connectivity index (χ0v) is 43.4. The molecule has 11 aromatic carbocycles. The SMILES string of the molecule is c1ccc(-c2ccc3c(c2)c2cc(-c4ccccc4)ccc2n3-c2cc(-c3ccc(-c4nc(-c5ccccc5)nc(-c5ccccc5)n4)cc3)cc(-n3c4ccc(-c5ccccc5)cc4c4cc(-c5ccccc5)ccc43)n2)cc1. The van der Waals surface area contributed by atoms with E-state index in [-0.39, 0.29) is 0 Å². The molecule has 0 amide bonds. The third-order valence-corrected chi connectivity index (χ3v) is 15.4. The van der Waals surface area contributed by atoms with E-state index < -0.39 is 0 Å². The van der Waals surface area contributed by atoms with E-state index in [0.717, 1.165) is 105 Å². The zero-order valence-electron chi connectivity index (χ0n) is 43.4. The fourth-order valence-corrected chi connectivity index (χ4v) is 11.4. The van der Waals surface area contributed by atoms with Gasteiger partial charge in [0.1, 0.15) is 11.6 Å². The van der Waals surface area contributed by atoms with Crippen LogP contribution >= 0.6 is 0 Å². The van der Waals surface area contributed by atoms with E-state index in [4.69, 9.17) is 19.9 Å². The summed E-state index contributed by atoms with van der Waals surface area (Å²) in [6.45, 7) is 0. The molecule has 0 aliphatic rings. The van der Waals surface area contributed by atoms with Gasteiger partial charge in [-0.3, -0.25) is 9.13 Å². The van der Waals surface area contributed by atoms with E-state index in [1.807, 2.05) is 60.7 Å². The highest BCUT2D eigenvalue weighted by molar-refractivity contribution is 6.13. The number of aromatic nitrogens is 6. The van der Waals surface area contributed by atoms with Gasteiger partial charge in [0, 0.05) is 38.2 Å². The number of fused-ring (bicyclic) bond motifs is 6. The molecule has 0 radical (unpaired) electrons. The molecule has 6 nitrogen and oxygen atoms in total. The summed E-state index contributed by atoms with van der Waals surface area (Å²) in [7, 11) is 0. The molecule has 374 valence electrons. The molecule has 0 spiro atoms. The Hall–Kier alpha value is -10.8. The van der Waals surface area contributed by atoms with Crippen LogP contribution in [0.4, 0.5) is 0 Å². The fourth-order valence-electron chi connectivity index (χ4n) is 11.4. The van der Waals surface area contributed by atoms with Crippen LogP contribution in [0.3, 0.4) is 0 Å². The van der Waals surface area contributed by atoms with Gasteiger partial charge in [-0.2, -0.15) is 0 Å². The van der Waals surface area contributed by atoms with Gasteiger partial charge in [-0.1, -0.05) is 231 Å². The molecule has 0 unspecified atom stereocenters. The van der Waals surface area contributed by atoms with Crippen molar-refractivity contribution in [2.45, 2.75) is 0 Å². The monoisotopic (exact) mass is 1020 g/mol. The van der Waals surface area contributed by atoms with Gasteiger partial charge in [0.05, 0.1) is 22.1 Å². The lowest BCUT2D eigenvalue weighted by Crippen LogP contribution is -2.04. The maximum absolute atomic E-state index is 5.81. The van der Waals surface area contributed by atoms with Crippen LogP contribution < -0.4 is 0 Å². The van der Waals surface area contributed by atoms with Gasteiger partial charge in [-0.15, -0.1) is 0 Å². The summed E-state index contributed by atoms with van der Waals surface area (Å²) in [5, 5.41) is 4.60. The van der Waals surface area contributed by atoms with Crippen LogP contribution in [-0.2, 0) is 0 Å². The van der Waals surface area contributed by atoms with Gasteiger partial charge in [0.25, 0.3) is 0 Å². The van der Waals surface area contributed by atoms with Crippen molar-refractivity contribution in [3.05, 3.63) is 291 Å². The fraction of sp³-hybridized carbons (Fsp3) is 0. The molecule has 0 N–H and O–H groups in total. The number of pyridine rings is 1. The Morgan fingerprint density at radius 3 is 0.688 bits per heavy atom. The third-order valence-electron chi connectivity index (χ3n) is 15.4. The Balaban J connectivity index is 0.965. The van der Waals surface area contributed by atoms with Crippen LogP contribution in [0.1, 0.15) is 0 Å². The second kappa shape index (κ2) is 19.6. The molecule has 6 heteroatoms. The van der Waals surface area contributed by atoms with Crippen LogP contribution in [0.25, 0.3) is 145 Å². The minimum Gasteiger partial charge on any atom is -0.294 e. The van der Waals surface area contributed by atoms with Gasteiger partial charge in [0.15, 0.2) is 17.5 Å². The van der Waals surface area contributed by atoms with E-state index in [1.54, 1.807) is 0 Å². The lowest BCUT2D eigenvalue weighted by Gasteiger charge is -2.15. The van der Waals surface area contributed by atoms with Crippen molar-refractivity contribution in [2.75, 3.05) is 0 Å². The summed E-state index contributed by atoms with van der Waals surface area (Å²) in [6, 6.07) is 103. The molecule has 80 heavy (non-hydrogen) atoms. The second-order valence-corrected chi connectivity index (χ2v) is 20.3. The molecule has 0 bridgehead atoms. The van der Waals surface area contributed by atoms with Gasteiger partial charge in [-0.25, -0.2) is 19.9 Å².